The van der Waals surface area contributed by atoms with Crippen LogP contribution in [-0.2, 0) is 9.84 Å². The third-order valence-electron chi connectivity index (χ3n) is 2.60. The van der Waals surface area contributed by atoms with Gasteiger partial charge in [-0.15, -0.1) is 0 Å². The highest BCUT2D eigenvalue weighted by Crippen LogP contribution is 2.18. The third kappa shape index (κ3) is 2.21. The number of aromatic nitrogens is 3. The Kier molecular flexibility index (Phi) is 2.90. The van der Waals surface area contributed by atoms with Crippen LogP contribution >= 0.6 is 0 Å². The Hall–Kier alpha value is -1.44. The molecule has 2 heterocycles. The van der Waals surface area contributed by atoms with E-state index in [4.69, 9.17) is 0 Å². The van der Waals surface area contributed by atoms with Gasteiger partial charge in [0.2, 0.25) is 0 Å². The van der Waals surface area contributed by atoms with Gasteiger partial charge < -0.3 is 5.32 Å². The van der Waals surface area contributed by atoms with Crippen molar-refractivity contribution in [3.63, 3.8) is 0 Å². The minimum Gasteiger partial charge on any atom is -0.349 e. The molecule has 0 bridgehead atoms. The molecule has 2 rings (SSSR count). The molecule has 1 saturated heterocycles. The molecule has 8 heteroatoms. The number of hydrogen-bond donors (Lipinski definition) is 2. The van der Waals surface area contributed by atoms with Gasteiger partial charge in [0.1, 0.15) is 0 Å². The Balaban J connectivity index is 1.91. The summed E-state index contributed by atoms with van der Waals surface area (Å²) in [5, 5.41) is 11.5. The summed E-state index contributed by atoms with van der Waals surface area (Å²) in [5.41, 5.74) is 0.162. The minimum absolute atomic E-state index is 0.147. The molecule has 88 valence electrons. The van der Waals surface area contributed by atoms with Crippen LogP contribution < -0.4 is 5.32 Å². The first-order valence-electron chi connectivity index (χ1n) is 4.95. The Morgan fingerprint density at radius 3 is 3.00 bits per heavy atom. The summed E-state index contributed by atoms with van der Waals surface area (Å²) < 4.78 is 23.0. The molecule has 1 atom stereocenters. The van der Waals surface area contributed by atoms with Gasteiger partial charge >= 0.3 is 0 Å². The highest BCUT2D eigenvalue weighted by atomic mass is 32.2. The van der Waals surface area contributed by atoms with Gasteiger partial charge in [0.25, 0.3) is 5.91 Å². The molecule has 0 aliphatic carbocycles. The predicted molar refractivity (Wildman–Crippen MR) is 55.5 cm³/mol. The summed E-state index contributed by atoms with van der Waals surface area (Å²) in [6, 6.07) is 0. The lowest BCUT2D eigenvalue weighted by atomic mass is 10.2. The van der Waals surface area contributed by atoms with Crippen LogP contribution in [0.25, 0.3) is 0 Å². The first-order valence-corrected chi connectivity index (χ1v) is 6.67. The molecule has 1 aromatic rings. The first kappa shape index (κ1) is 11.1. The number of hydrogen-bond acceptors (Lipinski definition) is 5. The van der Waals surface area contributed by atoms with Crippen LogP contribution in [0, 0.1) is 0 Å². The normalized spacial score (nSPS) is 23.1. The van der Waals surface area contributed by atoms with E-state index in [1.807, 2.05) is 0 Å². The fraction of sp³-hybridized carbons (Fsp3) is 0.625. The zero-order valence-corrected chi connectivity index (χ0v) is 9.33. The predicted octanol–water partition coefficient (Wildman–Crippen LogP) is -0.888. The molecule has 0 aromatic carbocycles. The van der Waals surface area contributed by atoms with E-state index in [0.717, 1.165) is 0 Å². The largest absolute Gasteiger partial charge is 0.349 e. The second kappa shape index (κ2) is 4.20. The lowest BCUT2D eigenvalue weighted by molar-refractivity contribution is 0.0948. The number of amides is 1. The molecule has 0 radical (unpaired) electrons. The average molecular weight is 244 g/mol. The highest BCUT2D eigenvalue weighted by molar-refractivity contribution is 7.92. The maximum absolute atomic E-state index is 11.5. The summed E-state index contributed by atoms with van der Waals surface area (Å²) in [4.78, 5) is 11.4. The van der Waals surface area contributed by atoms with Crippen molar-refractivity contribution in [2.24, 2.45) is 0 Å². The SMILES string of the molecule is O=C(NCC1CCCS1(=O)=O)c1cn[nH]n1. The second-order valence-electron chi connectivity index (χ2n) is 3.70. The van der Waals surface area contributed by atoms with Crippen molar-refractivity contribution in [2.75, 3.05) is 12.3 Å². The van der Waals surface area contributed by atoms with Gasteiger partial charge in [-0.2, -0.15) is 15.4 Å². The van der Waals surface area contributed by atoms with E-state index in [1.54, 1.807) is 0 Å². The van der Waals surface area contributed by atoms with Gasteiger partial charge in [-0.25, -0.2) is 8.42 Å². The Morgan fingerprint density at radius 1 is 1.62 bits per heavy atom. The molecule has 0 spiro atoms. The van der Waals surface area contributed by atoms with Gasteiger partial charge in [-0.1, -0.05) is 0 Å². The lowest BCUT2D eigenvalue weighted by Crippen LogP contribution is -2.34. The number of H-pyrrole nitrogens is 1. The van der Waals surface area contributed by atoms with Gasteiger partial charge in [0.15, 0.2) is 15.5 Å². The van der Waals surface area contributed by atoms with E-state index in [-0.39, 0.29) is 18.0 Å². The van der Waals surface area contributed by atoms with E-state index in [1.165, 1.54) is 6.20 Å². The van der Waals surface area contributed by atoms with Crippen molar-refractivity contribution in [3.05, 3.63) is 11.9 Å². The first-order chi connectivity index (χ1) is 7.59. The van der Waals surface area contributed by atoms with Crippen LogP contribution in [0.2, 0.25) is 0 Å². The van der Waals surface area contributed by atoms with Crippen molar-refractivity contribution in [3.8, 4) is 0 Å². The number of sulfone groups is 1. The fourth-order valence-electron chi connectivity index (χ4n) is 1.70. The van der Waals surface area contributed by atoms with Crippen LogP contribution in [-0.4, -0.2) is 47.3 Å². The molecular weight excluding hydrogens is 232 g/mol. The number of nitrogens with one attached hydrogen (secondary N) is 2. The van der Waals surface area contributed by atoms with E-state index in [2.05, 4.69) is 20.7 Å². The van der Waals surface area contributed by atoms with Crippen LogP contribution in [0.5, 0.6) is 0 Å². The summed E-state index contributed by atoms with van der Waals surface area (Å²) in [6.07, 6.45) is 2.58. The third-order valence-corrected chi connectivity index (χ3v) is 4.88. The quantitative estimate of drug-likeness (QED) is 0.717. The van der Waals surface area contributed by atoms with E-state index >= 15 is 0 Å². The number of carbonyl (C=O) groups is 1. The molecule has 1 fully saturated rings. The lowest BCUT2D eigenvalue weighted by Gasteiger charge is -2.09. The van der Waals surface area contributed by atoms with Crippen LogP contribution in [0.3, 0.4) is 0 Å². The zero-order valence-electron chi connectivity index (χ0n) is 8.51. The molecule has 16 heavy (non-hydrogen) atoms. The van der Waals surface area contributed by atoms with Crippen molar-refractivity contribution < 1.29 is 13.2 Å². The zero-order chi connectivity index (χ0) is 11.6. The molecular formula is C8H12N4O3S. The second-order valence-corrected chi connectivity index (χ2v) is 6.10. The van der Waals surface area contributed by atoms with Crippen molar-refractivity contribution >= 4 is 15.7 Å². The molecule has 2 N–H and O–H groups in total. The molecule has 1 aliphatic heterocycles. The smallest absolute Gasteiger partial charge is 0.273 e. The van der Waals surface area contributed by atoms with E-state index < -0.39 is 21.0 Å². The van der Waals surface area contributed by atoms with Crippen molar-refractivity contribution in [2.45, 2.75) is 18.1 Å². The fourth-order valence-corrected chi connectivity index (χ4v) is 3.46. The highest BCUT2D eigenvalue weighted by Gasteiger charge is 2.31. The van der Waals surface area contributed by atoms with E-state index in [9.17, 15) is 13.2 Å². The van der Waals surface area contributed by atoms with Gasteiger partial charge in [0, 0.05) is 6.54 Å². The van der Waals surface area contributed by atoms with E-state index in [0.29, 0.717) is 12.8 Å². The Bertz CT molecular complexity index is 467. The summed E-state index contributed by atoms with van der Waals surface area (Å²) >= 11 is 0. The van der Waals surface area contributed by atoms with Crippen LogP contribution in [0.1, 0.15) is 23.3 Å². The van der Waals surface area contributed by atoms with Gasteiger partial charge in [0.05, 0.1) is 17.2 Å². The maximum atomic E-state index is 11.5. The van der Waals surface area contributed by atoms with Crippen molar-refractivity contribution in [1.29, 1.82) is 0 Å². The molecule has 1 unspecified atom stereocenters. The monoisotopic (exact) mass is 244 g/mol. The maximum Gasteiger partial charge on any atom is 0.273 e. The van der Waals surface area contributed by atoms with Gasteiger partial charge in [-0.3, -0.25) is 4.79 Å². The van der Waals surface area contributed by atoms with Crippen molar-refractivity contribution in [1.82, 2.24) is 20.7 Å². The Morgan fingerprint density at radius 2 is 2.44 bits per heavy atom. The average Bonchev–Trinajstić information content (AvgIpc) is 2.83. The molecule has 1 aromatic heterocycles. The number of nitrogens with zero attached hydrogens (tertiary/aromatic N) is 2. The number of aromatic amines is 1. The molecule has 0 saturated carbocycles. The molecule has 1 aliphatic rings. The summed E-state index contributed by atoms with van der Waals surface area (Å²) in [5.74, 6) is -0.187. The number of carbonyl (C=O) groups excluding carboxylic acids is 1. The molecule has 1 amide bonds. The van der Waals surface area contributed by atoms with Crippen LogP contribution in [0.15, 0.2) is 6.20 Å². The summed E-state index contributed by atoms with van der Waals surface area (Å²) in [6.45, 7) is 0.147. The standard InChI is InChI=1S/C8H12N4O3S/c13-8(7-5-10-12-11-7)9-4-6-2-1-3-16(6,14)15/h5-6H,1-4H2,(H,9,13)(H,10,11,12). The minimum atomic E-state index is -3.01. The molecule has 7 nitrogen and oxygen atoms in total. The number of rotatable bonds is 3. The van der Waals surface area contributed by atoms with Gasteiger partial charge in [-0.05, 0) is 12.8 Å². The Labute approximate surface area is 92.5 Å². The topological polar surface area (TPSA) is 105 Å². The van der Waals surface area contributed by atoms with Crippen LogP contribution in [0.4, 0.5) is 0 Å². The summed E-state index contributed by atoms with van der Waals surface area (Å²) in [7, 11) is -3.01.